The van der Waals surface area contributed by atoms with Crippen molar-refractivity contribution in [2.75, 3.05) is 5.32 Å². The van der Waals surface area contributed by atoms with Gasteiger partial charge in [-0.1, -0.05) is 36.7 Å². The zero-order chi connectivity index (χ0) is 21.8. The van der Waals surface area contributed by atoms with E-state index in [1.54, 1.807) is 18.2 Å². The molecule has 1 unspecified atom stereocenters. The van der Waals surface area contributed by atoms with E-state index in [1.165, 1.54) is 0 Å². The molecule has 4 rings (SSSR count). The molecule has 0 bridgehead atoms. The summed E-state index contributed by atoms with van der Waals surface area (Å²) in [6.45, 7) is 4.06. The van der Waals surface area contributed by atoms with Crippen LogP contribution in [0.3, 0.4) is 0 Å². The summed E-state index contributed by atoms with van der Waals surface area (Å²) >= 11 is 5.94. The first-order chi connectivity index (χ1) is 15.0. The smallest absolute Gasteiger partial charge is 0.255 e. The van der Waals surface area contributed by atoms with Crippen molar-refractivity contribution in [1.82, 2.24) is 4.98 Å². The van der Waals surface area contributed by atoms with Gasteiger partial charge in [-0.3, -0.25) is 4.79 Å². The number of fused-ring (bicyclic) bond motifs is 1. The minimum absolute atomic E-state index is 0.0925. The monoisotopic (exact) mass is 434 g/mol. The predicted octanol–water partition coefficient (Wildman–Crippen LogP) is 6.50. The number of nitrogens with one attached hydrogen (secondary N) is 1. The van der Waals surface area contributed by atoms with Crippen LogP contribution in [0.2, 0.25) is 5.02 Å². The van der Waals surface area contributed by atoms with Crippen molar-refractivity contribution in [3.8, 4) is 5.75 Å². The van der Waals surface area contributed by atoms with Crippen LogP contribution in [0.4, 0.5) is 5.69 Å². The first-order valence-electron chi connectivity index (χ1n) is 10.2. The highest BCUT2D eigenvalue weighted by Crippen LogP contribution is 2.23. The lowest BCUT2D eigenvalue weighted by atomic mass is 10.1. The topological polar surface area (TPSA) is 64.4 Å². The molecule has 1 heterocycles. The van der Waals surface area contributed by atoms with Crippen molar-refractivity contribution in [3.63, 3.8) is 0 Å². The number of ether oxygens (including phenoxy) is 1. The number of carbonyl (C=O) groups is 1. The minimum atomic E-state index is -0.209. The van der Waals surface area contributed by atoms with E-state index < -0.39 is 0 Å². The highest BCUT2D eigenvalue weighted by molar-refractivity contribution is 6.30. The van der Waals surface area contributed by atoms with Crippen LogP contribution in [0.25, 0.3) is 11.1 Å². The molecule has 0 spiro atoms. The number of halogens is 1. The summed E-state index contributed by atoms with van der Waals surface area (Å²) in [5.41, 5.74) is 3.60. The Balaban J connectivity index is 1.48. The first kappa shape index (κ1) is 20.9. The zero-order valence-electron chi connectivity index (χ0n) is 17.4. The molecule has 0 aliphatic heterocycles. The molecule has 0 aliphatic carbocycles. The summed E-state index contributed by atoms with van der Waals surface area (Å²) < 4.78 is 11.6. The molecule has 1 amide bonds. The number of oxazole rings is 1. The molecular formula is C25H23ClN2O3. The fourth-order valence-corrected chi connectivity index (χ4v) is 3.26. The second-order valence-electron chi connectivity index (χ2n) is 7.41. The number of carbonyl (C=O) groups excluding carboxylic acids is 1. The maximum Gasteiger partial charge on any atom is 0.255 e. The second-order valence-corrected chi connectivity index (χ2v) is 7.85. The highest BCUT2D eigenvalue weighted by Gasteiger charge is 2.12. The third-order valence-electron chi connectivity index (χ3n) is 4.97. The number of benzene rings is 3. The fraction of sp³-hybridized carbons (Fsp3) is 0.200. The SMILES string of the molecule is CCC(C)Oc1cccc(C(=O)Nc2ccc3oc(Cc4ccc(Cl)cc4)nc3c2)c1. The lowest BCUT2D eigenvalue weighted by Gasteiger charge is -2.13. The van der Waals surface area contributed by atoms with Crippen LogP contribution in [0, 0.1) is 0 Å². The van der Waals surface area contributed by atoms with Crippen LogP contribution < -0.4 is 10.1 Å². The Morgan fingerprint density at radius 1 is 1.13 bits per heavy atom. The standard InChI is InChI=1S/C25H23ClN2O3/c1-3-16(2)30-21-6-4-5-18(14-21)25(29)27-20-11-12-23-22(15-20)28-24(31-23)13-17-7-9-19(26)10-8-17/h4-12,14-16H,3,13H2,1-2H3,(H,27,29). The molecule has 0 radical (unpaired) electrons. The largest absolute Gasteiger partial charge is 0.491 e. The zero-order valence-corrected chi connectivity index (χ0v) is 18.1. The summed E-state index contributed by atoms with van der Waals surface area (Å²) in [7, 11) is 0. The van der Waals surface area contributed by atoms with Gasteiger partial charge in [0.25, 0.3) is 5.91 Å². The molecule has 0 aliphatic rings. The number of nitrogens with zero attached hydrogens (tertiary/aromatic N) is 1. The van der Waals surface area contributed by atoms with E-state index in [2.05, 4.69) is 17.2 Å². The van der Waals surface area contributed by atoms with Gasteiger partial charge in [-0.15, -0.1) is 0 Å². The third kappa shape index (κ3) is 5.25. The lowest BCUT2D eigenvalue weighted by Crippen LogP contribution is -2.13. The summed E-state index contributed by atoms with van der Waals surface area (Å²) in [4.78, 5) is 17.3. The number of hydrogen-bond acceptors (Lipinski definition) is 4. The summed E-state index contributed by atoms with van der Waals surface area (Å²) in [5.74, 6) is 1.08. The normalized spacial score (nSPS) is 12.0. The van der Waals surface area contributed by atoms with Gasteiger partial charge >= 0.3 is 0 Å². The Labute approximate surface area is 186 Å². The number of anilines is 1. The van der Waals surface area contributed by atoms with Gasteiger partial charge in [0.15, 0.2) is 11.5 Å². The molecule has 31 heavy (non-hydrogen) atoms. The molecule has 158 valence electrons. The van der Waals surface area contributed by atoms with Gasteiger partial charge in [0.05, 0.1) is 6.10 Å². The Bertz CT molecular complexity index is 1200. The maximum atomic E-state index is 12.7. The predicted molar refractivity (Wildman–Crippen MR) is 123 cm³/mol. The average Bonchev–Trinajstić information content (AvgIpc) is 3.17. The molecule has 0 fully saturated rings. The van der Waals surface area contributed by atoms with Gasteiger partial charge in [-0.05, 0) is 67.4 Å². The van der Waals surface area contributed by atoms with Crippen LogP contribution in [0.15, 0.2) is 71.1 Å². The van der Waals surface area contributed by atoms with Crippen molar-refractivity contribution in [2.24, 2.45) is 0 Å². The van der Waals surface area contributed by atoms with Crippen molar-refractivity contribution >= 4 is 34.3 Å². The minimum Gasteiger partial charge on any atom is -0.491 e. The highest BCUT2D eigenvalue weighted by atomic mass is 35.5. The molecule has 6 heteroatoms. The molecular weight excluding hydrogens is 412 g/mol. The second kappa shape index (κ2) is 9.23. The van der Waals surface area contributed by atoms with Crippen LogP contribution in [0.5, 0.6) is 5.75 Å². The number of aromatic nitrogens is 1. The van der Waals surface area contributed by atoms with E-state index in [0.717, 1.165) is 12.0 Å². The van der Waals surface area contributed by atoms with Crippen molar-refractivity contribution in [3.05, 3.63) is 88.8 Å². The molecule has 0 saturated heterocycles. The Morgan fingerprint density at radius 3 is 2.71 bits per heavy atom. The lowest BCUT2D eigenvalue weighted by molar-refractivity contribution is 0.102. The first-order valence-corrected chi connectivity index (χ1v) is 10.6. The van der Waals surface area contributed by atoms with Gasteiger partial charge in [-0.2, -0.15) is 0 Å². The molecule has 1 atom stereocenters. The van der Waals surface area contributed by atoms with Crippen molar-refractivity contribution in [1.29, 1.82) is 0 Å². The molecule has 1 aromatic heterocycles. The van der Waals surface area contributed by atoms with Gasteiger partial charge < -0.3 is 14.5 Å². The van der Waals surface area contributed by atoms with Gasteiger partial charge in [0.2, 0.25) is 0 Å². The van der Waals surface area contributed by atoms with E-state index >= 15 is 0 Å². The Kier molecular flexibility index (Phi) is 6.23. The van der Waals surface area contributed by atoms with Crippen molar-refractivity contribution < 1.29 is 13.9 Å². The molecule has 5 nitrogen and oxygen atoms in total. The Hall–Kier alpha value is -3.31. The van der Waals surface area contributed by atoms with Gasteiger partial charge in [0.1, 0.15) is 11.3 Å². The van der Waals surface area contributed by atoms with Crippen LogP contribution in [-0.2, 0) is 6.42 Å². The van der Waals surface area contributed by atoms with E-state index in [1.807, 2.05) is 55.5 Å². The van der Waals surface area contributed by atoms with E-state index in [4.69, 9.17) is 20.8 Å². The summed E-state index contributed by atoms with van der Waals surface area (Å²) in [6.07, 6.45) is 1.56. The fourth-order valence-electron chi connectivity index (χ4n) is 3.13. The van der Waals surface area contributed by atoms with Crippen LogP contribution >= 0.6 is 11.6 Å². The number of amides is 1. The van der Waals surface area contributed by atoms with Crippen LogP contribution in [-0.4, -0.2) is 17.0 Å². The van der Waals surface area contributed by atoms with Gasteiger partial charge in [0, 0.05) is 22.7 Å². The quantitative estimate of drug-likeness (QED) is 0.360. The molecule has 3 aromatic carbocycles. The average molecular weight is 435 g/mol. The van der Waals surface area contributed by atoms with E-state index in [-0.39, 0.29) is 12.0 Å². The Morgan fingerprint density at radius 2 is 1.94 bits per heavy atom. The number of rotatable bonds is 7. The van der Waals surface area contributed by atoms with E-state index in [0.29, 0.717) is 45.4 Å². The summed E-state index contributed by atoms with van der Waals surface area (Å²) in [5, 5.41) is 3.61. The molecule has 0 saturated carbocycles. The maximum absolute atomic E-state index is 12.7. The molecule has 4 aromatic rings. The van der Waals surface area contributed by atoms with Crippen molar-refractivity contribution in [2.45, 2.75) is 32.8 Å². The third-order valence-corrected chi connectivity index (χ3v) is 5.22. The van der Waals surface area contributed by atoms with E-state index in [9.17, 15) is 4.79 Å². The number of hydrogen-bond donors (Lipinski definition) is 1. The molecule has 1 N–H and O–H groups in total. The summed E-state index contributed by atoms with van der Waals surface area (Å²) in [6, 6.07) is 20.2. The van der Waals surface area contributed by atoms with Crippen LogP contribution in [0.1, 0.15) is 42.1 Å². The van der Waals surface area contributed by atoms with Gasteiger partial charge in [-0.25, -0.2) is 4.98 Å².